The molecule has 15 heteroatoms. The second kappa shape index (κ2) is 14.2. The van der Waals surface area contributed by atoms with Crippen LogP contribution in [-0.2, 0) is 33.2 Å². The Hall–Kier alpha value is -2.93. The van der Waals surface area contributed by atoms with Crippen LogP contribution in [0.1, 0.15) is 12.5 Å². The van der Waals surface area contributed by atoms with Crippen molar-refractivity contribution in [3.63, 3.8) is 0 Å². The van der Waals surface area contributed by atoms with Crippen molar-refractivity contribution < 1.29 is 74.1 Å². The van der Waals surface area contributed by atoms with Crippen LogP contribution in [0.3, 0.4) is 0 Å². The second-order valence-electron chi connectivity index (χ2n) is 11.3. The summed E-state index contributed by atoms with van der Waals surface area (Å²) in [6.45, 7) is 0.457. The van der Waals surface area contributed by atoms with Crippen LogP contribution in [0.25, 0.3) is 6.08 Å². The van der Waals surface area contributed by atoms with Crippen LogP contribution in [0, 0.1) is 11.8 Å². The second-order valence-corrected chi connectivity index (χ2v) is 11.3. The van der Waals surface area contributed by atoms with Gasteiger partial charge in [-0.1, -0.05) is 18.2 Å². The third-order valence-electron chi connectivity index (χ3n) is 8.33. The third kappa shape index (κ3) is 7.08. The maximum Gasteiger partial charge on any atom is 0.331 e. The molecule has 248 valence electrons. The van der Waals surface area contributed by atoms with Crippen LogP contribution in [0.15, 0.2) is 54.3 Å². The number of aromatic hydroxyl groups is 1. The normalized spacial score (nSPS) is 41.4. The zero-order valence-corrected chi connectivity index (χ0v) is 24.1. The Bertz CT molecular complexity index is 1250. The molecule has 0 amide bonds. The molecule has 1 aromatic rings. The van der Waals surface area contributed by atoms with E-state index in [2.05, 4.69) is 0 Å². The first-order chi connectivity index (χ1) is 21.5. The molecule has 0 radical (unpaired) electrons. The van der Waals surface area contributed by atoms with Crippen molar-refractivity contribution in [1.82, 2.24) is 0 Å². The summed E-state index contributed by atoms with van der Waals surface area (Å²) in [5.74, 6) is -1.95. The Kier molecular flexibility index (Phi) is 10.6. The first-order valence-corrected chi connectivity index (χ1v) is 14.5. The quantitative estimate of drug-likeness (QED) is 0.0832. The topological polar surface area (TPSA) is 234 Å². The number of rotatable bonds is 9. The van der Waals surface area contributed by atoms with Crippen LogP contribution in [0.2, 0.25) is 0 Å². The molecule has 2 saturated heterocycles. The molecule has 1 aromatic carbocycles. The first kappa shape index (κ1) is 33.4. The highest BCUT2D eigenvalue weighted by Gasteiger charge is 2.52. The van der Waals surface area contributed by atoms with Gasteiger partial charge in [0.1, 0.15) is 42.4 Å². The van der Waals surface area contributed by atoms with Crippen molar-refractivity contribution in [3.05, 3.63) is 59.9 Å². The summed E-state index contributed by atoms with van der Waals surface area (Å²) in [6, 6.07) is 6.09. The molecule has 0 aromatic heterocycles. The van der Waals surface area contributed by atoms with Crippen molar-refractivity contribution in [2.75, 3.05) is 13.2 Å². The number of hydrogen-bond donors (Lipinski definition) is 8. The van der Waals surface area contributed by atoms with E-state index in [0.717, 1.165) is 6.08 Å². The number of benzene rings is 1. The zero-order chi connectivity index (χ0) is 32.4. The van der Waals surface area contributed by atoms with E-state index in [1.165, 1.54) is 31.4 Å². The molecule has 3 aliphatic heterocycles. The summed E-state index contributed by atoms with van der Waals surface area (Å²) in [5, 5.41) is 81.3. The summed E-state index contributed by atoms with van der Waals surface area (Å²) < 4.78 is 34.1. The lowest BCUT2D eigenvalue weighted by Crippen LogP contribution is -2.60. The number of fused-ring (bicyclic) bond motifs is 1. The lowest BCUT2D eigenvalue weighted by atomic mass is 9.88. The van der Waals surface area contributed by atoms with Crippen LogP contribution in [-0.4, -0.2) is 134 Å². The number of hydrogen-bond acceptors (Lipinski definition) is 15. The minimum absolute atomic E-state index is 0.0714. The number of esters is 1. The predicted molar refractivity (Wildman–Crippen MR) is 149 cm³/mol. The molecule has 0 spiro atoms. The highest BCUT2D eigenvalue weighted by molar-refractivity contribution is 5.87. The number of ether oxygens (including phenoxy) is 6. The van der Waals surface area contributed by atoms with Crippen molar-refractivity contribution in [3.8, 4) is 5.75 Å². The predicted octanol–water partition coefficient (Wildman–Crippen LogP) is -1.98. The standard InChI is InChI=1S/C30H38O15/c1-13-27(44-20(34)7-4-14-2-5-16(33)6-3-14)24(37)26(39)29(41-13)42-18-10-15(11-31)21-17(18)8-9-40-28(21)45-30-25(38)23(36)22(35)19(12-32)43-30/h2-10,13,17-19,21-33,35-39H,11-12H2,1H3/t13-,17-,18+,19+,21+,22+,23-,24-,25+,26+,27-,28-,29-,30-/m0/s1. The molecule has 4 aliphatic rings. The van der Waals surface area contributed by atoms with Gasteiger partial charge in [0.2, 0.25) is 6.29 Å². The minimum Gasteiger partial charge on any atom is -0.508 e. The average Bonchev–Trinajstić information content (AvgIpc) is 3.40. The summed E-state index contributed by atoms with van der Waals surface area (Å²) in [5.41, 5.74) is 1.05. The van der Waals surface area contributed by atoms with E-state index >= 15 is 0 Å². The molecule has 1 aliphatic carbocycles. The summed E-state index contributed by atoms with van der Waals surface area (Å²) in [4.78, 5) is 12.4. The van der Waals surface area contributed by atoms with Crippen molar-refractivity contribution >= 4 is 12.0 Å². The number of phenols is 1. The van der Waals surface area contributed by atoms with Gasteiger partial charge in [0, 0.05) is 12.0 Å². The van der Waals surface area contributed by atoms with Gasteiger partial charge >= 0.3 is 5.97 Å². The SMILES string of the molecule is C[C@@H]1O[C@@H](O[C@@H]2C=C(CO)[C@H]3[C@H](O[C@@H]4O[C@H](CO)[C@@H](O)[C@H](O)[C@H]4O)OC=C[C@H]32)[C@H](O)[C@H](O)[C@H]1OC(=O)C=Cc1ccc(O)cc1. The maximum absolute atomic E-state index is 12.4. The van der Waals surface area contributed by atoms with E-state index in [4.69, 9.17) is 28.4 Å². The summed E-state index contributed by atoms with van der Waals surface area (Å²) in [7, 11) is 0. The molecule has 14 atom stereocenters. The van der Waals surface area contributed by atoms with Gasteiger partial charge in [0.25, 0.3) is 0 Å². The minimum atomic E-state index is -1.68. The first-order valence-electron chi connectivity index (χ1n) is 14.5. The van der Waals surface area contributed by atoms with Crippen molar-refractivity contribution in [2.45, 2.75) is 80.7 Å². The molecule has 0 bridgehead atoms. The van der Waals surface area contributed by atoms with Gasteiger partial charge in [-0.2, -0.15) is 0 Å². The molecule has 3 heterocycles. The smallest absolute Gasteiger partial charge is 0.331 e. The highest BCUT2D eigenvalue weighted by Crippen LogP contribution is 2.43. The number of phenolic OH excluding ortho intramolecular Hbond substituents is 1. The lowest BCUT2D eigenvalue weighted by Gasteiger charge is -2.43. The van der Waals surface area contributed by atoms with Gasteiger partial charge in [-0.05, 0) is 42.3 Å². The van der Waals surface area contributed by atoms with E-state index in [0.29, 0.717) is 11.1 Å². The Labute approximate surface area is 257 Å². The Balaban J connectivity index is 1.22. The van der Waals surface area contributed by atoms with Crippen LogP contribution >= 0.6 is 0 Å². The van der Waals surface area contributed by atoms with Crippen molar-refractivity contribution in [1.29, 1.82) is 0 Å². The van der Waals surface area contributed by atoms with Crippen LogP contribution in [0.5, 0.6) is 5.75 Å². The van der Waals surface area contributed by atoms with E-state index in [-0.39, 0.29) is 5.75 Å². The molecule has 2 fully saturated rings. The van der Waals surface area contributed by atoms with E-state index in [1.807, 2.05) is 0 Å². The van der Waals surface area contributed by atoms with Gasteiger partial charge < -0.3 is 69.3 Å². The molecule has 5 rings (SSSR count). The molecule has 8 N–H and O–H groups in total. The monoisotopic (exact) mass is 638 g/mol. The van der Waals surface area contributed by atoms with Gasteiger partial charge in [-0.3, -0.25) is 0 Å². The van der Waals surface area contributed by atoms with Gasteiger partial charge in [0.05, 0.1) is 37.6 Å². The van der Waals surface area contributed by atoms with Crippen molar-refractivity contribution in [2.24, 2.45) is 11.8 Å². The summed E-state index contributed by atoms with van der Waals surface area (Å²) in [6.07, 6.45) is -9.13. The number of aliphatic hydroxyl groups is 7. The maximum atomic E-state index is 12.4. The average molecular weight is 639 g/mol. The number of carbonyl (C=O) groups excluding carboxylic acids is 1. The number of carbonyl (C=O) groups is 1. The van der Waals surface area contributed by atoms with Crippen LogP contribution in [0.4, 0.5) is 0 Å². The fourth-order valence-corrected chi connectivity index (χ4v) is 5.84. The van der Waals surface area contributed by atoms with Gasteiger partial charge in [-0.25, -0.2) is 4.79 Å². The molecular formula is C30H38O15. The molecule has 0 saturated carbocycles. The van der Waals surface area contributed by atoms with E-state index in [9.17, 15) is 45.6 Å². The Morgan fingerprint density at radius 3 is 2.27 bits per heavy atom. The highest BCUT2D eigenvalue weighted by atomic mass is 16.8. The fourth-order valence-electron chi connectivity index (χ4n) is 5.84. The Morgan fingerprint density at radius 2 is 1.58 bits per heavy atom. The van der Waals surface area contributed by atoms with E-state index in [1.54, 1.807) is 24.3 Å². The van der Waals surface area contributed by atoms with Gasteiger partial charge in [-0.15, -0.1) is 0 Å². The van der Waals surface area contributed by atoms with Gasteiger partial charge in [0.15, 0.2) is 18.7 Å². The third-order valence-corrected chi connectivity index (χ3v) is 8.33. The molecule has 45 heavy (non-hydrogen) atoms. The van der Waals surface area contributed by atoms with Crippen LogP contribution < -0.4 is 0 Å². The molecule has 0 unspecified atom stereocenters. The fraction of sp³-hybridized carbons (Fsp3) is 0.567. The summed E-state index contributed by atoms with van der Waals surface area (Å²) >= 11 is 0. The lowest BCUT2D eigenvalue weighted by molar-refractivity contribution is -0.341. The Morgan fingerprint density at radius 1 is 0.889 bits per heavy atom. The zero-order valence-electron chi connectivity index (χ0n) is 24.1. The largest absolute Gasteiger partial charge is 0.508 e. The number of aliphatic hydroxyl groups excluding tert-OH is 7. The molecule has 15 nitrogen and oxygen atoms in total. The van der Waals surface area contributed by atoms with E-state index < -0.39 is 105 Å². The molecular weight excluding hydrogens is 600 g/mol.